The van der Waals surface area contributed by atoms with E-state index in [9.17, 15) is 0 Å². The minimum atomic E-state index is 0.321. The van der Waals surface area contributed by atoms with E-state index in [1.165, 1.54) is 12.8 Å². The molecule has 0 radical (unpaired) electrons. The van der Waals surface area contributed by atoms with E-state index in [1.54, 1.807) is 6.20 Å². The normalized spacial score (nSPS) is 20.4. The molecule has 0 aromatic carbocycles. The van der Waals surface area contributed by atoms with E-state index in [1.807, 2.05) is 12.1 Å². The smallest absolute Gasteiger partial charge is 0.0558 e. The number of aromatic nitrogens is 1. The number of piperidine rings is 1. The topological polar surface area (TPSA) is 42.1 Å². The van der Waals surface area contributed by atoms with Crippen molar-refractivity contribution in [2.24, 2.45) is 11.7 Å². The molecule has 1 aromatic heterocycles. The van der Waals surface area contributed by atoms with Gasteiger partial charge in [-0.05, 0) is 50.9 Å². The number of halogens is 1. The van der Waals surface area contributed by atoms with Crippen LogP contribution >= 0.6 is 11.6 Å². The first-order valence-electron chi connectivity index (χ1n) is 6.23. The number of rotatable bonds is 3. The Balaban J connectivity index is 1.86. The molecule has 2 rings (SSSR count). The lowest BCUT2D eigenvalue weighted by Gasteiger charge is -2.33. The van der Waals surface area contributed by atoms with Crippen molar-refractivity contribution in [1.82, 2.24) is 9.88 Å². The summed E-state index contributed by atoms with van der Waals surface area (Å²) in [7, 11) is 0. The molecule has 1 atom stereocenters. The molecule has 0 spiro atoms. The Morgan fingerprint density at radius 1 is 1.53 bits per heavy atom. The molecule has 17 heavy (non-hydrogen) atoms. The van der Waals surface area contributed by atoms with Crippen LogP contribution in [0.4, 0.5) is 0 Å². The van der Waals surface area contributed by atoms with Crippen molar-refractivity contribution in [3.05, 3.63) is 29.0 Å². The standard InChI is InChI=1S/C13H20ClN3/c1-10(15)11-3-6-17(7-4-11)9-13-8-12(14)2-5-16-13/h2,5,8,10-11H,3-4,6-7,9,15H2,1H3. The third-order valence-corrected chi connectivity index (χ3v) is 3.78. The van der Waals surface area contributed by atoms with Crippen LogP contribution in [0, 0.1) is 5.92 Å². The molecule has 1 aliphatic rings. The van der Waals surface area contributed by atoms with E-state index < -0.39 is 0 Å². The van der Waals surface area contributed by atoms with Crippen LogP contribution in [-0.4, -0.2) is 29.0 Å². The quantitative estimate of drug-likeness (QED) is 0.899. The van der Waals surface area contributed by atoms with Gasteiger partial charge in [0.2, 0.25) is 0 Å². The summed E-state index contributed by atoms with van der Waals surface area (Å²) in [6.07, 6.45) is 4.16. The number of hydrogen-bond donors (Lipinski definition) is 1. The first-order valence-corrected chi connectivity index (χ1v) is 6.61. The number of pyridine rings is 1. The van der Waals surface area contributed by atoms with Gasteiger partial charge in [0, 0.05) is 23.8 Å². The van der Waals surface area contributed by atoms with E-state index >= 15 is 0 Å². The van der Waals surface area contributed by atoms with E-state index in [4.69, 9.17) is 17.3 Å². The number of nitrogens with zero attached hydrogens (tertiary/aromatic N) is 2. The predicted octanol–water partition coefficient (Wildman–Crippen LogP) is 2.29. The molecule has 0 bridgehead atoms. The molecule has 0 saturated carbocycles. The molecule has 0 amide bonds. The Morgan fingerprint density at radius 3 is 2.82 bits per heavy atom. The van der Waals surface area contributed by atoms with E-state index in [0.717, 1.165) is 30.4 Å². The van der Waals surface area contributed by atoms with Crippen LogP contribution in [-0.2, 0) is 6.54 Å². The van der Waals surface area contributed by atoms with Gasteiger partial charge in [-0.2, -0.15) is 0 Å². The van der Waals surface area contributed by atoms with Crippen molar-refractivity contribution in [2.75, 3.05) is 13.1 Å². The predicted molar refractivity (Wildman–Crippen MR) is 70.9 cm³/mol. The molecular formula is C13H20ClN3. The highest BCUT2D eigenvalue weighted by molar-refractivity contribution is 6.30. The SMILES string of the molecule is CC(N)C1CCN(Cc2cc(Cl)ccn2)CC1. The van der Waals surface area contributed by atoms with Gasteiger partial charge < -0.3 is 5.73 Å². The van der Waals surface area contributed by atoms with Crippen molar-refractivity contribution in [3.8, 4) is 0 Å². The third-order valence-electron chi connectivity index (χ3n) is 3.54. The van der Waals surface area contributed by atoms with Crippen LogP contribution in [0.25, 0.3) is 0 Å². The zero-order valence-corrected chi connectivity index (χ0v) is 11.0. The average Bonchev–Trinajstić information content (AvgIpc) is 2.29. The molecule has 4 heteroatoms. The number of hydrogen-bond acceptors (Lipinski definition) is 3. The lowest BCUT2D eigenvalue weighted by molar-refractivity contribution is 0.164. The Morgan fingerprint density at radius 2 is 2.24 bits per heavy atom. The summed E-state index contributed by atoms with van der Waals surface area (Å²) in [5, 5.41) is 0.764. The molecule has 1 saturated heterocycles. The number of nitrogens with two attached hydrogens (primary N) is 1. The molecule has 1 aliphatic heterocycles. The second-order valence-corrected chi connectivity index (χ2v) is 5.37. The van der Waals surface area contributed by atoms with Crippen molar-refractivity contribution in [2.45, 2.75) is 32.4 Å². The average molecular weight is 254 g/mol. The molecule has 0 aliphatic carbocycles. The zero-order valence-electron chi connectivity index (χ0n) is 10.3. The maximum Gasteiger partial charge on any atom is 0.0558 e. The summed E-state index contributed by atoms with van der Waals surface area (Å²) in [5.41, 5.74) is 6.99. The minimum absolute atomic E-state index is 0.321. The van der Waals surface area contributed by atoms with Gasteiger partial charge in [-0.15, -0.1) is 0 Å². The van der Waals surface area contributed by atoms with Crippen LogP contribution in [0.5, 0.6) is 0 Å². The molecule has 1 fully saturated rings. The van der Waals surface area contributed by atoms with Gasteiger partial charge in [0.15, 0.2) is 0 Å². The first-order chi connectivity index (χ1) is 8.15. The van der Waals surface area contributed by atoms with Gasteiger partial charge in [0.05, 0.1) is 5.69 Å². The minimum Gasteiger partial charge on any atom is -0.328 e. The van der Waals surface area contributed by atoms with Gasteiger partial charge in [-0.3, -0.25) is 9.88 Å². The summed E-state index contributed by atoms with van der Waals surface area (Å²) >= 11 is 5.95. The molecule has 94 valence electrons. The van der Waals surface area contributed by atoms with Gasteiger partial charge >= 0.3 is 0 Å². The summed E-state index contributed by atoms with van der Waals surface area (Å²) in [6.45, 7) is 5.23. The fourth-order valence-corrected chi connectivity index (χ4v) is 2.58. The monoisotopic (exact) mass is 253 g/mol. The molecule has 3 nitrogen and oxygen atoms in total. The maximum atomic E-state index is 5.95. The van der Waals surface area contributed by atoms with E-state index in [2.05, 4.69) is 16.8 Å². The van der Waals surface area contributed by atoms with Crippen LogP contribution in [0.2, 0.25) is 5.02 Å². The summed E-state index contributed by atoms with van der Waals surface area (Å²) in [6, 6.07) is 4.08. The number of likely N-dealkylation sites (tertiary alicyclic amines) is 1. The summed E-state index contributed by atoms with van der Waals surface area (Å²) in [4.78, 5) is 6.77. The molecule has 1 unspecified atom stereocenters. The van der Waals surface area contributed by atoms with Crippen LogP contribution in [0.15, 0.2) is 18.3 Å². The molecular weight excluding hydrogens is 234 g/mol. The zero-order chi connectivity index (χ0) is 12.3. The maximum absolute atomic E-state index is 5.95. The summed E-state index contributed by atoms with van der Waals surface area (Å²) < 4.78 is 0. The van der Waals surface area contributed by atoms with Gasteiger partial charge in [0.1, 0.15) is 0 Å². The Labute approximate surface area is 108 Å². The van der Waals surface area contributed by atoms with Gasteiger partial charge in [0.25, 0.3) is 0 Å². The van der Waals surface area contributed by atoms with Crippen molar-refractivity contribution < 1.29 is 0 Å². The highest BCUT2D eigenvalue weighted by Gasteiger charge is 2.21. The Hall–Kier alpha value is -0.640. The van der Waals surface area contributed by atoms with Gasteiger partial charge in [-0.1, -0.05) is 11.6 Å². The second-order valence-electron chi connectivity index (χ2n) is 4.94. The lowest BCUT2D eigenvalue weighted by atomic mass is 9.91. The van der Waals surface area contributed by atoms with Crippen LogP contribution in [0.3, 0.4) is 0 Å². The molecule has 2 N–H and O–H groups in total. The van der Waals surface area contributed by atoms with Crippen molar-refractivity contribution in [1.29, 1.82) is 0 Å². The second kappa shape index (κ2) is 5.80. The van der Waals surface area contributed by atoms with E-state index in [0.29, 0.717) is 12.0 Å². The summed E-state index contributed by atoms with van der Waals surface area (Å²) in [5.74, 6) is 0.679. The van der Waals surface area contributed by atoms with Crippen molar-refractivity contribution >= 4 is 11.6 Å². The third kappa shape index (κ3) is 3.66. The highest BCUT2D eigenvalue weighted by Crippen LogP contribution is 2.21. The lowest BCUT2D eigenvalue weighted by Crippen LogP contribution is -2.39. The molecule has 1 aromatic rings. The van der Waals surface area contributed by atoms with E-state index in [-0.39, 0.29) is 0 Å². The van der Waals surface area contributed by atoms with Crippen molar-refractivity contribution in [3.63, 3.8) is 0 Å². The largest absolute Gasteiger partial charge is 0.328 e. The van der Waals surface area contributed by atoms with Crippen LogP contribution < -0.4 is 5.73 Å². The fraction of sp³-hybridized carbons (Fsp3) is 0.615. The van der Waals surface area contributed by atoms with Gasteiger partial charge in [-0.25, -0.2) is 0 Å². The first kappa shape index (κ1) is 12.8. The Kier molecular flexibility index (Phi) is 4.37. The Bertz CT molecular complexity index is 359. The highest BCUT2D eigenvalue weighted by atomic mass is 35.5. The fourth-order valence-electron chi connectivity index (χ4n) is 2.40. The molecule has 2 heterocycles. The van der Waals surface area contributed by atoms with Crippen LogP contribution in [0.1, 0.15) is 25.5 Å².